The molecule has 0 aliphatic carbocycles. The summed E-state index contributed by atoms with van der Waals surface area (Å²) in [5.74, 6) is 0.129. The minimum Gasteiger partial charge on any atom is -0.351 e. The van der Waals surface area contributed by atoms with Crippen LogP contribution < -0.4 is 10.6 Å². The van der Waals surface area contributed by atoms with E-state index in [0.717, 1.165) is 25.9 Å². The van der Waals surface area contributed by atoms with Gasteiger partial charge in [-0.25, -0.2) is 0 Å². The SMILES string of the molecule is CC(C)N(C)Cc1cccc(CNC(=O)[C@H]2CCCCN2)c1. The summed E-state index contributed by atoms with van der Waals surface area (Å²) < 4.78 is 0. The molecule has 0 aromatic heterocycles. The quantitative estimate of drug-likeness (QED) is 0.847. The van der Waals surface area contributed by atoms with Gasteiger partial charge in [0, 0.05) is 19.1 Å². The van der Waals surface area contributed by atoms with Crippen LogP contribution in [0.3, 0.4) is 0 Å². The van der Waals surface area contributed by atoms with Crippen molar-refractivity contribution in [2.45, 2.75) is 58.3 Å². The van der Waals surface area contributed by atoms with Gasteiger partial charge in [-0.3, -0.25) is 9.69 Å². The maximum Gasteiger partial charge on any atom is 0.237 e. The molecular weight excluding hydrogens is 274 g/mol. The molecule has 0 radical (unpaired) electrons. The first-order valence-electron chi connectivity index (χ1n) is 8.35. The molecule has 1 aromatic rings. The van der Waals surface area contributed by atoms with Gasteiger partial charge in [-0.2, -0.15) is 0 Å². The first-order valence-corrected chi connectivity index (χ1v) is 8.35. The van der Waals surface area contributed by atoms with E-state index in [0.29, 0.717) is 12.6 Å². The van der Waals surface area contributed by atoms with Gasteiger partial charge in [0.2, 0.25) is 5.91 Å². The van der Waals surface area contributed by atoms with Crippen molar-refractivity contribution in [2.75, 3.05) is 13.6 Å². The number of nitrogens with one attached hydrogen (secondary N) is 2. The van der Waals surface area contributed by atoms with E-state index in [2.05, 4.69) is 60.7 Å². The summed E-state index contributed by atoms with van der Waals surface area (Å²) in [6, 6.07) is 9.00. The van der Waals surface area contributed by atoms with Gasteiger partial charge in [0.05, 0.1) is 6.04 Å². The number of carbonyl (C=O) groups is 1. The molecule has 22 heavy (non-hydrogen) atoms. The normalized spacial score (nSPS) is 18.7. The fraction of sp³-hybridized carbons (Fsp3) is 0.611. The van der Waals surface area contributed by atoms with Crippen molar-refractivity contribution in [1.82, 2.24) is 15.5 Å². The molecule has 1 aromatic carbocycles. The van der Waals surface area contributed by atoms with Gasteiger partial charge in [-0.15, -0.1) is 0 Å². The Kier molecular flexibility index (Phi) is 6.40. The predicted molar refractivity (Wildman–Crippen MR) is 90.5 cm³/mol. The Hall–Kier alpha value is -1.39. The number of rotatable bonds is 6. The van der Waals surface area contributed by atoms with Crippen molar-refractivity contribution in [3.8, 4) is 0 Å². The number of benzene rings is 1. The second kappa shape index (κ2) is 8.30. The predicted octanol–water partition coefficient (Wildman–Crippen LogP) is 2.29. The van der Waals surface area contributed by atoms with Crippen LogP contribution in [0.15, 0.2) is 24.3 Å². The molecule has 1 aliphatic rings. The Labute approximate surface area is 134 Å². The van der Waals surface area contributed by atoms with Gasteiger partial charge >= 0.3 is 0 Å². The average Bonchev–Trinajstić information content (AvgIpc) is 2.53. The number of carbonyl (C=O) groups excluding carboxylic acids is 1. The summed E-state index contributed by atoms with van der Waals surface area (Å²) in [6.07, 6.45) is 3.27. The van der Waals surface area contributed by atoms with Crippen LogP contribution in [0.25, 0.3) is 0 Å². The Morgan fingerprint density at radius 3 is 2.82 bits per heavy atom. The highest BCUT2D eigenvalue weighted by Gasteiger charge is 2.19. The third kappa shape index (κ3) is 5.11. The lowest BCUT2D eigenvalue weighted by atomic mass is 10.0. The zero-order valence-electron chi connectivity index (χ0n) is 14.1. The molecule has 0 spiro atoms. The molecule has 1 fully saturated rings. The van der Waals surface area contributed by atoms with Crippen molar-refractivity contribution >= 4 is 5.91 Å². The van der Waals surface area contributed by atoms with Crippen LogP contribution in [0, 0.1) is 0 Å². The van der Waals surface area contributed by atoms with Gasteiger partial charge in [0.15, 0.2) is 0 Å². The van der Waals surface area contributed by atoms with Crippen LogP contribution in [0.4, 0.5) is 0 Å². The van der Waals surface area contributed by atoms with Crippen LogP contribution in [-0.2, 0) is 17.9 Å². The van der Waals surface area contributed by atoms with Gasteiger partial charge in [0.25, 0.3) is 0 Å². The molecule has 2 N–H and O–H groups in total. The molecule has 1 saturated heterocycles. The van der Waals surface area contributed by atoms with Gasteiger partial charge < -0.3 is 10.6 Å². The standard InChI is InChI=1S/C18H29N3O/c1-14(2)21(3)13-16-8-6-7-15(11-16)12-20-18(22)17-9-4-5-10-19-17/h6-8,11,14,17,19H,4-5,9-10,12-13H2,1-3H3,(H,20,22)/t17-/m1/s1. The van der Waals surface area contributed by atoms with Gasteiger partial charge in [-0.1, -0.05) is 30.7 Å². The molecule has 0 bridgehead atoms. The highest BCUT2D eigenvalue weighted by molar-refractivity contribution is 5.81. The smallest absolute Gasteiger partial charge is 0.237 e. The average molecular weight is 303 g/mol. The Morgan fingerprint density at radius 1 is 1.36 bits per heavy atom. The minimum atomic E-state index is -0.0102. The van der Waals surface area contributed by atoms with Crippen LogP contribution in [0.2, 0.25) is 0 Å². The highest BCUT2D eigenvalue weighted by Crippen LogP contribution is 2.10. The van der Waals surface area contributed by atoms with Crippen molar-refractivity contribution < 1.29 is 4.79 Å². The van der Waals surface area contributed by atoms with Crippen LogP contribution >= 0.6 is 0 Å². The lowest BCUT2D eigenvalue weighted by Crippen LogP contribution is -2.46. The van der Waals surface area contributed by atoms with E-state index in [1.54, 1.807) is 0 Å². The molecule has 4 heteroatoms. The Morgan fingerprint density at radius 2 is 2.14 bits per heavy atom. The van der Waals surface area contributed by atoms with Gasteiger partial charge in [0.1, 0.15) is 0 Å². The lowest BCUT2D eigenvalue weighted by Gasteiger charge is -2.23. The molecule has 1 amide bonds. The fourth-order valence-electron chi connectivity index (χ4n) is 2.70. The molecule has 0 unspecified atom stereocenters. The Bertz CT molecular complexity index is 481. The zero-order chi connectivity index (χ0) is 15.9. The molecule has 4 nitrogen and oxygen atoms in total. The number of amides is 1. The summed E-state index contributed by atoms with van der Waals surface area (Å²) in [5.41, 5.74) is 2.46. The van der Waals surface area contributed by atoms with E-state index < -0.39 is 0 Å². The lowest BCUT2D eigenvalue weighted by molar-refractivity contribution is -0.123. The molecule has 1 atom stereocenters. The zero-order valence-corrected chi connectivity index (χ0v) is 14.1. The molecule has 1 heterocycles. The number of hydrogen-bond acceptors (Lipinski definition) is 3. The summed E-state index contributed by atoms with van der Waals surface area (Å²) in [4.78, 5) is 14.5. The maximum atomic E-state index is 12.1. The second-order valence-electron chi connectivity index (χ2n) is 6.55. The van der Waals surface area contributed by atoms with Crippen molar-refractivity contribution in [3.05, 3.63) is 35.4 Å². The number of piperidine rings is 1. The summed E-state index contributed by atoms with van der Waals surface area (Å²) >= 11 is 0. The van der Waals surface area contributed by atoms with E-state index >= 15 is 0 Å². The van der Waals surface area contributed by atoms with Crippen molar-refractivity contribution in [1.29, 1.82) is 0 Å². The largest absolute Gasteiger partial charge is 0.351 e. The summed E-state index contributed by atoms with van der Waals surface area (Å²) in [5, 5.41) is 6.34. The third-order valence-electron chi connectivity index (χ3n) is 4.40. The van der Waals surface area contributed by atoms with Crippen LogP contribution in [0.1, 0.15) is 44.2 Å². The molecule has 2 rings (SSSR count). The fourth-order valence-corrected chi connectivity index (χ4v) is 2.70. The van der Waals surface area contributed by atoms with Crippen molar-refractivity contribution in [2.24, 2.45) is 0 Å². The molecule has 1 aliphatic heterocycles. The third-order valence-corrected chi connectivity index (χ3v) is 4.40. The molecule has 0 saturated carbocycles. The van der Waals surface area contributed by atoms with Crippen LogP contribution in [-0.4, -0.2) is 36.5 Å². The first-order chi connectivity index (χ1) is 10.6. The highest BCUT2D eigenvalue weighted by atomic mass is 16.2. The monoisotopic (exact) mass is 303 g/mol. The van der Waals surface area contributed by atoms with Crippen LogP contribution in [0.5, 0.6) is 0 Å². The second-order valence-corrected chi connectivity index (χ2v) is 6.55. The summed E-state index contributed by atoms with van der Waals surface area (Å²) in [6.45, 7) is 6.89. The first kappa shape index (κ1) is 17.0. The van der Waals surface area contributed by atoms with E-state index in [1.807, 2.05) is 0 Å². The minimum absolute atomic E-state index is 0.0102. The number of hydrogen-bond donors (Lipinski definition) is 2. The maximum absolute atomic E-state index is 12.1. The van der Waals surface area contributed by atoms with E-state index in [9.17, 15) is 4.79 Å². The van der Waals surface area contributed by atoms with E-state index in [4.69, 9.17) is 0 Å². The van der Waals surface area contributed by atoms with Gasteiger partial charge in [-0.05, 0) is 51.4 Å². The van der Waals surface area contributed by atoms with E-state index in [1.165, 1.54) is 17.5 Å². The van der Waals surface area contributed by atoms with Crippen molar-refractivity contribution in [3.63, 3.8) is 0 Å². The molecule has 122 valence electrons. The Balaban J connectivity index is 1.86. The molecular formula is C18H29N3O. The van der Waals surface area contributed by atoms with E-state index in [-0.39, 0.29) is 11.9 Å². The topological polar surface area (TPSA) is 44.4 Å². The number of nitrogens with zero attached hydrogens (tertiary/aromatic N) is 1. The summed E-state index contributed by atoms with van der Waals surface area (Å²) in [7, 11) is 2.13.